The quantitative estimate of drug-likeness (QED) is 0.848. The number of para-hydroxylation sites is 2. The monoisotopic (exact) mass is 369 g/mol. The molecule has 1 atom stereocenters. The van der Waals surface area contributed by atoms with E-state index in [0.29, 0.717) is 11.4 Å². The fourth-order valence-corrected chi connectivity index (χ4v) is 3.37. The molecule has 0 aromatic heterocycles. The summed E-state index contributed by atoms with van der Waals surface area (Å²) in [5, 5.41) is 4.10. The number of nitrogens with one attached hydrogen (secondary N) is 1. The first-order valence-corrected chi connectivity index (χ1v) is 9.42. The number of nitrogens with zero attached hydrogens (tertiary/aromatic N) is 2. The summed E-state index contributed by atoms with van der Waals surface area (Å²) in [6.07, 6.45) is 2.38. The molecule has 0 saturated heterocycles. The Hall–Kier alpha value is -3.06. The van der Waals surface area contributed by atoms with Crippen LogP contribution < -0.4 is 10.1 Å². The van der Waals surface area contributed by atoms with Crippen molar-refractivity contribution < 1.29 is 13.2 Å². The van der Waals surface area contributed by atoms with Crippen LogP contribution in [-0.2, 0) is 10.0 Å². The Bertz CT molecular complexity index is 953. The highest BCUT2D eigenvalue weighted by molar-refractivity contribution is 7.92. The first-order valence-electron chi connectivity index (χ1n) is 7.92. The van der Waals surface area contributed by atoms with Crippen LogP contribution in [0.3, 0.4) is 0 Å². The largest absolute Gasteiger partial charge is 0.496 e. The molecule has 0 bridgehead atoms. The van der Waals surface area contributed by atoms with Gasteiger partial charge in [-0.25, -0.2) is 17.7 Å². The van der Waals surface area contributed by atoms with Crippen molar-refractivity contribution in [3.05, 3.63) is 78.2 Å². The van der Waals surface area contributed by atoms with E-state index < -0.39 is 16.2 Å². The van der Waals surface area contributed by atoms with Crippen molar-refractivity contribution in [1.29, 1.82) is 0 Å². The average Bonchev–Trinajstić information content (AvgIpc) is 2.68. The molecule has 1 unspecified atom stereocenters. The molecule has 7 heteroatoms. The van der Waals surface area contributed by atoms with E-state index in [9.17, 15) is 8.42 Å². The zero-order chi connectivity index (χ0) is 18.6. The van der Waals surface area contributed by atoms with Crippen LogP contribution in [0.15, 0.2) is 77.7 Å². The number of ether oxygens (including phenoxy) is 1. The Labute approximate surface area is 153 Å². The van der Waals surface area contributed by atoms with Gasteiger partial charge in [-0.15, -0.1) is 0 Å². The number of aliphatic imine (C=N–C) groups is 1. The molecule has 134 valence electrons. The van der Waals surface area contributed by atoms with E-state index in [-0.39, 0.29) is 0 Å². The van der Waals surface area contributed by atoms with Crippen molar-refractivity contribution in [3.8, 4) is 5.75 Å². The van der Waals surface area contributed by atoms with Gasteiger partial charge in [-0.1, -0.05) is 36.9 Å². The third-order valence-electron chi connectivity index (χ3n) is 3.88. The fraction of sp³-hybridized carbons (Fsp3) is 0.105. The van der Waals surface area contributed by atoms with Gasteiger partial charge in [0.25, 0.3) is 10.0 Å². The smallest absolute Gasteiger partial charge is 0.259 e. The maximum Gasteiger partial charge on any atom is 0.259 e. The molecule has 3 rings (SSSR count). The van der Waals surface area contributed by atoms with Gasteiger partial charge in [0.15, 0.2) is 0 Å². The van der Waals surface area contributed by atoms with Crippen molar-refractivity contribution in [2.45, 2.75) is 6.17 Å². The van der Waals surface area contributed by atoms with Crippen molar-refractivity contribution >= 4 is 27.7 Å². The molecule has 0 fully saturated rings. The second kappa shape index (κ2) is 7.45. The molecule has 1 aliphatic heterocycles. The number of hydrogen-bond acceptors (Lipinski definition) is 5. The van der Waals surface area contributed by atoms with Crippen LogP contribution in [0.5, 0.6) is 5.75 Å². The van der Waals surface area contributed by atoms with Crippen molar-refractivity contribution in [1.82, 2.24) is 4.31 Å². The van der Waals surface area contributed by atoms with Crippen LogP contribution in [0.4, 0.5) is 5.69 Å². The standard InChI is InChI=1S/C19H19N3O3S/c1-3-26(23,24)22-14-20-17(16-11-7-8-12-18(16)25-2)13-19(22)21-15-9-5-4-6-10-15/h3-14,19,21H,1H2,2H3. The first-order chi connectivity index (χ1) is 12.5. The third-order valence-corrected chi connectivity index (χ3v) is 5.21. The topological polar surface area (TPSA) is 71.0 Å². The molecule has 26 heavy (non-hydrogen) atoms. The minimum atomic E-state index is -3.70. The lowest BCUT2D eigenvalue weighted by Gasteiger charge is -2.30. The molecule has 2 aromatic carbocycles. The minimum Gasteiger partial charge on any atom is -0.496 e. The molecular formula is C19H19N3O3S. The predicted molar refractivity (Wildman–Crippen MR) is 104 cm³/mol. The van der Waals surface area contributed by atoms with Gasteiger partial charge in [0.1, 0.15) is 18.3 Å². The molecule has 2 aromatic rings. The Morgan fingerprint density at radius 1 is 1.15 bits per heavy atom. The number of hydrogen-bond donors (Lipinski definition) is 1. The van der Waals surface area contributed by atoms with Gasteiger partial charge in [0.05, 0.1) is 12.8 Å². The molecule has 0 aliphatic carbocycles. The van der Waals surface area contributed by atoms with Gasteiger partial charge in [0, 0.05) is 16.7 Å². The van der Waals surface area contributed by atoms with Gasteiger partial charge in [-0.3, -0.25) is 0 Å². The summed E-state index contributed by atoms with van der Waals surface area (Å²) in [6, 6.07) is 16.8. The average molecular weight is 369 g/mol. The zero-order valence-electron chi connectivity index (χ0n) is 14.2. The summed E-state index contributed by atoms with van der Waals surface area (Å²) >= 11 is 0. The number of anilines is 1. The summed E-state index contributed by atoms with van der Waals surface area (Å²) in [7, 11) is -2.12. The van der Waals surface area contributed by atoms with E-state index >= 15 is 0 Å². The van der Waals surface area contributed by atoms with Crippen molar-refractivity contribution in [2.75, 3.05) is 12.4 Å². The van der Waals surface area contributed by atoms with Crippen LogP contribution in [0.2, 0.25) is 0 Å². The molecule has 0 amide bonds. The van der Waals surface area contributed by atoms with Crippen LogP contribution >= 0.6 is 0 Å². The second-order valence-electron chi connectivity index (χ2n) is 5.49. The zero-order valence-corrected chi connectivity index (χ0v) is 15.1. The highest BCUT2D eigenvalue weighted by Gasteiger charge is 2.28. The Morgan fingerprint density at radius 3 is 2.54 bits per heavy atom. The van der Waals surface area contributed by atoms with Crippen LogP contribution in [0, 0.1) is 0 Å². The van der Waals surface area contributed by atoms with Gasteiger partial charge < -0.3 is 10.1 Å². The van der Waals surface area contributed by atoms with Gasteiger partial charge >= 0.3 is 0 Å². The van der Waals surface area contributed by atoms with E-state index in [1.165, 1.54) is 6.34 Å². The molecule has 1 N–H and O–H groups in total. The van der Waals surface area contributed by atoms with Crippen molar-refractivity contribution in [3.63, 3.8) is 0 Å². The molecular weight excluding hydrogens is 350 g/mol. The summed E-state index contributed by atoms with van der Waals surface area (Å²) in [4.78, 5) is 4.31. The lowest BCUT2D eigenvalue weighted by atomic mass is 10.1. The number of methoxy groups -OCH3 is 1. The minimum absolute atomic E-state index is 0.617. The maximum atomic E-state index is 12.3. The van der Waals surface area contributed by atoms with E-state index in [1.54, 1.807) is 13.2 Å². The van der Waals surface area contributed by atoms with Crippen LogP contribution in [-0.4, -0.2) is 32.3 Å². The molecule has 0 spiro atoms. The fourth-order valence-electron chi connectivity index (χ4n) is 2.59. The van der Waals surface area contributed by atoms with Gasteiger partial charge in [-0.05, 0) is 30.3 Å². The summed E-state index contributed by atoms with van der Waals surface area (Å²) in [6.45, 7) is 3.39. The van der Waals surface area contributed by atoms with Gasteiger partial charge in [-0.2, -0.15) is 0 Å². The Kier molecular flexibility index (Phi) is 5.09. The molecule has 6 nitrogen and oxygen atoms in total. The lowest BCUT2D eigenvalue weighted by molar-refractivity contribution is 0.413. The van der Waals surface area contributed by atoms with Crippen LogP contribution in [0.1, 0.15) is 5.56 Å². The summed E-state index contributed by atoms with van der Waals surface area (Å²) in [5.41, 5.74) is 2.18. The maximum absolute atomic E-state index is 12.3. The Morgan fingerprint density at radius 2 is 1.85 bits per heavy atom. The van der Waals surface area contributed by atoms with E-state index in [4.69, 9.17) is 4.74 Å². The van der Waals surface area contributed by atoms with Crippen molar-refractivity contribution in [2.24, 2.45) is 4.99 Å². The normalized spacial score (nSPS) is 16.7. The van der Waals surface area contributed by atoms with E-state index in [1.807, 2.05) is 54.6 Å². The molecule has 0 radical (unpaired) electrons. The predicted octanol–water partition coefficient (Wildman–Crippen LogP) is 3.29. The molecule has 1 heterocycles. The second-order valence-corrected chi connectivity index (χ2v) is 7.28. The van der Waals surface area contributed by atoms with Crippen LogP contribution in [0.25, 0.3) is 5.70 Å². The number of rotatable bonds is 6. The highest BCUT2D eigenvalue weighted by atomic mass is 32.2. The SMILES string of the molecule is C=CS(=O)(=O)N1C=NC(c2ccccc2OC)=CC1Nc1ccccc1. The Balaban J connectivity index is 2.02. The molecule has 1 aliphatic rings. The summed E-state index contributed by atoms with van der Waals surface area (Å²) < 4.78 is 31.2. The highest BCUT2D eigenvalue weighted by Crippen LogP contribution is 2.30. The molecule has 0 saturated carbocycles. The number of sulfonamides is 1. The first kappa shape index (κ1) is 17.8. The third kappa shape index (κ3) is 3.62. The summed E-state index contributed by atoms with van der Waals surface area (Å²) in [5.74, 6) is 0.661. The number of benzene rings is 2. The van der Waals surface area contributed by atoms with Gasteiger partial charge in [0.2, 0.25) is 0 Å². The lowest BCUT2D eigenvalue weighted by Crippen LogP contribution is -2.43. The van der Waals surface area contributed by atoms with E-state index in [2.05, 4.69) is 16.9 Å². The van der Waals surface area contributed by atoms with E-state index in [0.717, 1.165) is 21.0 Å².